The minimum Gasteiger partial charge on any atom is -0.497 e. The number of rotatable bonds is 7. The fourth-order valence-electron chi connectivity index (χ4n) is 4.62. The van der Waals surface area contributed by atoms with E-state index in [4.69, 9.17) is 9.15 Å². The zero-order valence-corrected chi connectivity index (χ0v) is 17.4. The highest BCUT2D eigenvalue weighted by Crippen LogP contribution is 2.27. The van der Waals surface area contributed by atoms with Crippen molar-refractivity contribution in [3.8, 4) is 5.75 Å². The van der Waals surface area contributed by atoms with Crippen molar-refractivity contribution >= 4 is 5.91 Å². The van der Waals surface area contributed by atoms with Crippen molar-refractivity contribution in [2.45, 2.75) is 64.1 Å². The quantitative estimate of drug-likeness (QED) is 0.671. The third-order valence-electron chi connectivity index (χ3n) is 6.24. The average molecular weight is 397 g/mol. The normalized spacial score (nSPS) is 17.8. The van der Waals surface area contributed by atoms with Crippen molar-refractivity contribution in [2.24, 2.45) is 0 Å². The van der Waals surface area contributed by atoms with Gasteiger partial charge in [0.1, 0.15) is 11.5 Å². The second-order valence-electron chi connectivity index (χ2n) is 8.31. The molecule has 0 spiro atoms. The molecule has 1 aliphatic carbocycles. The first-order valence-electron chi connectivity index (χ1n) is 11.0. The Hall–Kier alpha value is -2.27. The van der Waals surface area contributed by atoms with Crippen LogP contribution in [0.4, 0.5) is 0 Å². The van der Waals surface area contributed by atoms with Gasteiger partial charge in [-0.05, 0) is 55.5 Å². The van der Waals surface area contributed by atoms with Crippen LogP contribution in [0.5, 0.6) is 5.75 Å². The zero-order valence-electron chi connectivity index (χ0n) is 17.4. The summed E-state index contributed by atoms with van der Waals surface area (Å²) in [6.07, 6.45) is 8.55. The summed E-state index contributed by atoms with van der Waals surface area (Å²) >= 11 is 0. The Labute approximate surface area is 173 Å². The van der Waals surface area contributed by atoms with Crippen LogP contribution in [0.2, 0.25) is 0 Å². The fourth-order valence-corrected chi connectivity index (χ4v) is 4.62. The number of carbonyl (C=O) groups is 1. The molecule has 5 nitrogen and oxygen atoms in total. The number of benzene rings is 1. The lowest BCUT2D eigenvalue weighted by Gasteiger charge is -2.34. The molecule has 1 aliphatic heterocycles. The molecule has 0 N–H and O–H groups in total. The molecular formula is C24H32N2O3. The molecule has 29 heavy (non-hydrogen) atoms. The number of methoxy groups -OCH3 is 1. The number of furan rings is 1. The Morgan fingerprint density at radius 1 is 1.07 bits per heavy atom. The summed E-state index contributed by atoms with van der Waals surface area (Å²) < 4.78 is 11.4. The highest BCUT2D eigenvalue weighted by atomic mass is 16.5. The highest BCUT2D eigenvalue weighted by molar-refractivity contribution is 5.91. The number of likely N-dealkylation sites (tertiary alicyclic amines) is 1. The summed E-state index contributed by atoms with van der Waals surface area (Å²) in [6, 6.07) is 12.7. The van der Waals surface area contributed by atoms with Crippen LogP contribution in [0, 0.1) is 0 Å². The van der Waals surface area contributed by atoms with Crippen LogP contribution in [-0.4, -0.2) is 41.9 Å². The molecule has 1 saturated carbocycles. The van der Waals surface area contributed by atoms with Crippen LogP contribution in [0.15, 0.2) is 40.8 Å². The van der Waals surface area contributed by atoms with Gasteiger partial charge >= 0.3 is 0 Å². The molecule has 156 valence electrons. The lowest BCUT2D eigenvalue weighted by molar-refractivity contribution is 0.0753. The number of amides is 1. The summed E-state index contributed by atoms with van der Waals surface area (Å²) in [5.41, 5.74) is 1.25. The van der Waals surface area contributed by atoms with E-state index in [1.54, 1.807) is 7.11 Å². The third-order valence-corrected chi connectivity index (χ3v) is 6.24. The van der Waals surface area contributed by atoms with Crippen LogP contribution in [0.25, 0.3) is 0 Å². The first kappa shape index (κ1) is 20.0. The largest absolute Gasteiger partial charge is 0.497 e. The summed E-state index contributed by atoms with van der Waals surface area (Å²) in [7, 11) is 1.71. The molecule has 2 aromatic rings. The van der Waals surface area contributed by atoms with Gasteiger partial charge in [0.05, 0.1) is 13.7 Å². The molecule has 0 radical (unpaired) electrons. The lowest BCUT2D eigenvalue weighted by Crippen LogP contribution is -2.35. The number of hydrogen-bond acceptors (Lipinski definition) is 4. The minimum atomic E-state index is 0.0331. The van der Waals surface area contributed by atoms with E-state index in [0.29, 0.717) is 11.8 Å². The van der Waals surface area contributed by atoms with E-state index in [1.165, 1.54) is 37.7 Å². The van der Waals surface area contributed by atoms with E-state index in [-0.39, 0.29) is 5.91 Å². The minimum absolute atomic E-state index is 0.0331. The smallest absolute Gasteiger partial charge is 0.289 e. The Balaban J connectivity index is 1.48. The van der Waals surface area contributed by atoms with Gasteiger partial charge in [0.2, 0.25) is 0 Å². The van der Waals surface area contributed by atoms with Crippen molar-refractivity contribution in [2.75, 3.05) is 20.2 Å². The zero-order chi connectivity index (χ0) is 20.1. The molecular weight excluding hydrogens is 364 g/mol. The van der Waals surface area contributed by atoms with Crippen LogP contribution >= 0.6 is 0 Å². The third kappa shape index (κ3) is 5.02. The molecule has 1 saturated heterocycles. The van der Waals surface area contributed by atoms with Gasteiger partial charge in [-0.15, -0.1) is 0 Å². The molecule has 1 aromatic heterocycles. The van der Waals surface area contributed by atoms with E-state index < -0.39 is 0 Å². The van der Waals surface area contributed by atoms with Gasteiger partial charge in [0.15, 0.2) is 5.76 Å². The average Bonchev–Trinajstić information content (AvgIpc) is 3.46. The van der Waals surface area contributed by atoms with Crippen molar-refractivity contribution < 1.29 is 13.9 Å². The Morgan fingerprint density at radius 3 is 2.62 bits per heavy atom. The van der Waals surface area contributed by atoms with Crippen molar-refractivity contribution in [3.63, 3.8) is 0 Å². The van der Waals surface area contributed by atoms with Gasteiger partial charge in [0.25, 0.3) is 5.91 Å². The van der Waals surface area contributed by atoms with E-state index >= 15 is 0 Å². The second kappa shape index (κ2) is 9.49. The van der Waals surface area contributed by atoms with Crippen LogP contribution in [-0.2, 0) is 13.1 Å². The van der Waals surface area contributed by atoms with E-state index in [1.807, 2.05) is 29.2 Å². The Kier molecular flexibility index (Phi) is 6.55. The fraction of sp³-hybridized carbons (Fsp3) is 0.542. The van der Waals surface area contributed by atoms with Crippen LogP contribution in [0.1, 0.15) is 66.8 Å². The lowest BCUT2D eigenvalue weighted by atomic mass is 9.93. The first-order chi connectivity index (χ1) is 14.2. The molecule has 2 fully saturated rings. The summed E-state index contributed by atoms with van der Waals surface area (Å²) in [4.78, 5) is 17.0. The first-order valence-corrected chi connectivity index (χ1v) is 11.0. The Bertz CT molecular complexity index is 804. The molecule has 1 amide bonds. The second-order valence-corrected chi connectivity index (χ2v) is 8.31. The van der Waals surface area contributed by atoms with Crippen molar-refractivity contribution in [1.82, 2.24) is 9.80 Å². The van der Waals surface area contributed by atoms with E-state index in [0.717, 1.165) is 50.5 Å². The summed E-state index contributed by atoms with van der Waals surface area (Å²) in [6.45, 7) is 3.28. The maximum absolute atomic E-state index is 12.6. The molecule has 2 aliphatic rings. The maximum Gasteiger partial charge on any atom is 0.289 e. The summed E-state index contributed by atoms with van der Waals surface area (Å²) in [5, 5.41) is 0. The molecule has 5 heteroatoms. The molecule has 4 rings (SSSR count). The molecule has 2 heterocycles. The van der Waals surface area contributed by atoms with Gasteiger partial charge < -0.3 is 14.1 Å². The Morgan fingerprint density at radius 2 is 1.86 bits per heavy atom. The van der Waals surface area contributed by atoms with E-state index in [9.17, 15) is 4.79 Å². The number of nitrogens with zero attached hydrogens (tertiary/aromatic N) is 2. The predicted molar refractivity (Wildman–Crippen MR) is 113 cm³/mol. The summed E-state index contributed by atoms with van der Waals surface area (Å²) in [5.74, 6) is 2.28. The van der Waals surface area contributed by atoms with Gasteiger partial charge in [0, 0.05) is 25.7 Å². The van der Waals surface area contributed by atoms with Gasteiger partial charge in [-0.25, -0.2) is 0 Å². The van der Waals surface area contributed by atoms with Gasteiger partial charge in [-0.3, -0.25) is 9.69 Å². The molecule has 0 atom stereocenters. The number of ether oxygens (including phenoxy) is 1. The molecule has 0 bridgehead atoms. The maximum atomic E-state index is 12.6. The topological polar surface area (TPSA) is 45.9 Å². The monoisotopic (exact) mass is 396 g/mol. The predicted octanol–water partition coefficient (Wildman–Crippen LogP) is 4.86. The molecule has 1 aromatic carbocycles. The standard InChI is InChI=1S/C24H32N2O3/c1-28-21-11-7-8-19(16-21)17-26(20-9-3-2-4-10-20)18-22-12-13-23(29-22)24(27)25-14-5-6-15-25/h7-8,11-13,16,20H,2-6,9-10,14-15,17-18H2,1H3. The SMILES string of the molecule is COc1cccc(CN(Cc2ccc(C(=O)N3CCCC3)o2)C2CCCCC2)c1. The molecule has 0 unspecified atom stereocenters. The van der Waals surface area contributed by atoms with Crippen LogP contribution < -0.4 is 4.74 Å². The van der Waals surface area contributed by atoms with Crippen molar-refractivity contribution in [1.29, 1.82) is 0 Å². The number of carbonyl (C=O) groups excluding carboxylic acids is 1. The van der Waals surface area contributed by atoms with Crippen LogP contribution in [0.3, 0.4) is 0 Å². The van der Waals surface area contributed by atoms with Gasteiger partial charge in [-0.1, -0.05) is 31.4 Å². The number of hydrogen-bond donors (Lipinski definition) is 0. The van der Waals surface area contributed by atoms with Gasteiger partial charge in [-0.2, -0.15) is 0 Å². The van der Waals surface area contributed by atoms with E-state index in [2.05, 4.69) is 17.0 Å². The van der Waals surface area contributed by atoms with Crippen molar-refractivity contribution in [3.05, 3.63) is 53.5 Å². The highest BCUT2D eigenvalue weighted by Gasteiger charge is 2.25.